The monoisotopic (exact) mass is 320 g/mol. The van der Waals surface area contributed by atoms with Gasteiger partial charge in [0.1, 0.15) is 0 Å². The Morgan fingerprint density at radius 3 is 2.23 bits per heavy atom. The second-order valence-corrected chi connectivity index (χ2v) is 6.68. The summed E-state index contributed by atoms with van der Waals surface area (Å²) in [6, 6.07) is 14.2. The van der Waals surface area contributed by atoms with Crippen molar-refractivity contribution in [3.05, 3.63) is 70.3 Å². The van der Waals surface area contributed by atoms with Crippen molar-refractivity contribution < 1.29 is 13.3 Å². The summed E-state index contributed by atoms with van der Waals surface area (Å²) in [5, 5.41) is 10.6. The van der Waals surface area contributed by atoms with Crippen molar-refractivity contribution in [1.29, 1.82) is 0 Å². The van der Waals surface area contributed by atoms with Gasteiger partial charge in [0.25, 0.3) is 5.69 Å². The Balaban J connectivity index is 2.03. The van der Waals surface area contributed by atoms with E-state index in [9.17, 15) is 18.5 Å². The van der Waals surface area contributed by atoms with Gasteiger partial charge in [0, 0.05) is 18.7 Å². The van der Waals surface area contributed by atoms with Gasteiger partial charge in [-0.05, 0) is 23.6 Å². The lowest BCUT2D eigenvalue weighted by atomic mass is 10.0. The Morgan fingerprint density at radius 1 is 1.09 bits per heavy atom. The normalized spacial score (nSPS) is 12.8. The first-order chi connectivity index (χ1) is 10.4. The standard InChI is InChI=1S/C15H16N2O4S/c1-12(13-7-9-14(10-8-13)17(18)19)11-16-22(20,21)15-5-3-2-4-6-15/h2-10,12,16H,11H2,1H3. The molecule has 2 aromatic rings. The predicted molar refractivity (Wildman–Crippen MR) is 83.1 cm³/mol. The van der Waals surface area contributed by atoms with Crippen molar-refractivity contribution in [2.24, 2.45) is 0 Å². The van der Waals surface area contributed by atoms with Gasteiger partial charge in [-0.25, -0.2) is 13.1 Å². The fourth-order valence-electron chi connectivity index (χ4n) is 1.96. The molecule has 0 aliphatic carbocycles. The fraction of sp³-hybridized carbons (Fsp3) is 0.200. The molecule has 1 N–H and O–H groups in total. The minimum absolute atomic E-state index is 0.0146. The van der Waals surface area contributed by atoms with E-state index in [1.807, 2.05) is 6.92 Å². The second kappa shape index (κ2) is 6.67. The van der Waals surface area contributed by atoms with Crippen molar-refractivity contribution in [2.45, 2.75) is 17.7 Å². The highest BCUT2D eigenvalue weighted by Gasteiger charge is 2.16. The van der Waals surface area contributed by atoms with Crippen LogP contribution in [-0.4, -0.2) is 19.9 Å². The van der Waals surface area contributed by atoms with E-state index in [1.54, 1.807) is 30.3 Å². The van der Waals surface area contributed by atoms with Gasteiger partial charge in [-0.3, -0.25) is 10.1 Å². The molecule has 0 heterocycles. The number of rotatable bonds is 6. The lowest BCUT2D eigenvalue weighted by Crippen LogP contribution is -2.27. The van der Waals surface area contributed by atoms with E-state index in [-0.39, 0.29) is 23.0 Å². The van der Waals surface area contributed by atoms with Crippen LogP contribution in [0.4, 0.5) is 5.69 Å². The number of benzene rings is 2. The molecule has 0 radical (unpaired) electrons. The van der Waals surface area contributed by atoms with Crippen molar-refractivity contribution in [2.75, 3.05) is 6.54 Å². The Kier molecular flexibility index (Phi) is 4.89. The maximum absolute atomic E-state index is 12.1. The van der Waals surface area contributed by atoms with E-state index in [0.29, 0.717) is 0 Å². The van der Waals surface area contributed by atoms with E-state index in [2.05, 4.69) is 4.72 Å². The molecule has 0 aromatic heterocycles. The highest BCUT2D eigenvalue weighted by atomic mass is 32.2. The molecule has 116 valence electrons. The molecule has 22 heavy (non-hydrogen) atoms. The molecule has 0 fully saturated rings. The number of non-ortho nitro benzene ring substituents is 1. The van der Waals surface area contributed by atoms with Gasteiger partial charge in [0.15, 0.2) is 0 Å². The van der Waals surface area contributed by atoms with Crippen LogP contribution in [-0.2, 0) is 10.0 Å². The first-order valence-electron chi connectivity index (χ1n) is 6.69. The maximum atomic E-state index is 12.1. The van der Waals surface area contributed by atoms with E-state index >= 15 is 0 Å². The summed E-state index contributed by atoms with van der Waals surface area (Å²) in [6.07, 6.45) is 0. The lowest BCUT2D eigenvalue weighted by Gasteiger charge is -2.13. The van der Waals surface area contributed by atoms with Gasteiger partial charge >= 0.3 is 0 Å². The Hall–Kier alpha value is -2.25. The molecule has 0 amide bonds. The molecule has 1 unspecified atom stereocenters. The molecule has 2 aromatic carbocycles. The largest absolute Gasteiger partial charge is 0.269 e. The number of hydrogen-bond acceptors (Lipinski definition) is 4. The van der Waals surface area contributed by atoms with Crippen LogP contribution in [0.15, 0.2) is 59.5 Å². The molecule has 0 saturated heterocycles. The van der Waals surface area contributed by atoms with Gasteiger partial charge in [-0.2, -0.15) is 0 Å². The molecule has 7 heteroatoms. The van der Waals surface area contributed by atoms with Crippen molar-refractivity contribution in [3.8, 4) is 0 Å². The van der Waals surface area contributed by atoms with E-state index in [4.69, 9.17) is 0 Å². The Labute approximate surface area is 129 Å². The number of nitrogens with one attached hydrogen (secondary N) is 1. The summed E-state index contributed by atoms with van der Waals surface area (Å²) in [4.78, 5) is 10.4. The number of nitro groups is 1. The zero-order chi connectivity index (χ0) is 16.2. The molecular weight excluding hydrogens is 304 g/mol. The van der Waals surface area contributed by atoms with Crippen LogP contribution in [0, 0.1) is 10.1 Å². The number of nitrogens with zero attached hydrogens (tertiary/aromatic N) is 1. The number of hydrogen-bond donors (Lipinski definition) is 1. The maximum Gasteiger partial charge on any atom is 0.269 e. The first kappa shape index (κ1) is 16.1. The zero-order valence-corrected chi connectivity index (χ0v) is 12.8. The smallest absolute Gasteiger partial charge is 0.258 e. The molecule has 2 rings (SSSR count). The fourth-order valence-corrected chi connectivity index (χ4v) is 3.11. The van der Waals surface area contributed by atoms with Crippen LogP contribution < -0.4 is 4.72 Å². The third-order valence-corrected chi connectivity index (χ3v) is 4.75. The van der Waals surface area contributed by atoms with Crippen LogP contribution in [0.1, 0.15) is 18.4 Å². The van der Waals surface area contributed by atoms with Gasteiger partial charge < -0.3 is 0 Å². The topological polar surface area (TPSA) is 89.3 Å². The van der Waals surface area contributed by atoms with Gasteiger partial charge in [-0.1, -0.05) is 37.3 Å². The summed E-state index contributed by atoms with van der Waals surface area (Å²) in [5.41, 5.74) is 0.849. The molecule has 0 bridgehead atoms. The SMILES string of the molecule is CC(CNS(=O)(=O)c1ccccc1)c1ccc([N+](=O)[O-])cc1. The molecular formula is C15H16N2O4S. The highest BCUT2D eigenvalue weighted by Crippen LogP contribution is 2.19. The molecule has 0 spiro atoms. The molecule has 0 saturated carbocycles. The Bertz CT molecular complexity index is 743. The summed E-state index contributed by atoms with van der Waals surface area (Å²) in [5.74, 6) is -0.0979. The van der Waals surface area contributed by atoms with E-state index in [0.717, 1.165) is 5.56 Å². The molecule has 0 aliphatic heterocycles. The summed E-state index contributed by atoms with van der Waals surface area (Å²) in [7, 11) is -3.54. The van der Waals surface area contributed by atoms with Gasteiger partial charge in [0.2, 0.25) is 10.0 Å². The molecule has 1 atom stereocenters. The second-order valence-electron chi connectivity index (χ2n) is 4.91. The first-order valence-corrected chi connectivity index (χ1v) is 8.17. The molecule has 0 aliphatic rings. The van der Waals surface area contributed by atoms with Crippen LogP contribution in [0.2, 0.25) is 0 Å². The van der Waals surface area contributed by atoms with Crippen LogP contribution in [0.3, 0.4) is 0 Å². The highest BCUT2D eigenvalue weighted by molar-refractivity contribution is 7.89. The van der Waals surface area contributed by atoms with E-state index < -0.39 is 14.9 Å². The van der Waals surface area contributed by atoms with Crippen LogP contribution in [0.25, 0.3) is 0 Å². The quantitative estimate of drug-likeness (QED) is 0.654. The van der Waals surface area contributed by atoms with E-state index in [1.165, 1.54) is 24.3 Å². The van der Waals surface area contributed by atoms with Crippen molar-refractivity contribution >= 4 is 15.7 Å². The van der Waals surface area contributed by atoms with Crippen LogP contribution in [0.5, 0.6) is 0 Å². The summed E-state index contributed by atoms with van der Waals surface area (Å²) < 4.78 is 26.8. The minimum Gasteiger partial charge on any atom is -0.258 e. The minimum atomic E-state index is -3.54. The summed E-state index contributed by atoms with van der Waals surface area (Å²) in [6.45, 7) is 2.07. The molecule has 6 nitrogen and oxygen atoms in total. The van der Waals surface area contributed by atoms with Crippen LogP contribution >= 0.6 is 0 Å². The number of nitro benzene ring substituents is 1. The lowest BCUT2D eigenvalue weighted by molar-refractivity contribution is -0.384. The summed E-state index contributed by atoms with van der Waals surface area (Å²) >= 11 is 0. The Morgan fingerprint density at radius 2 is 1.68 bits per heavy atom. The third-order valence-electron chi connectivity index (χ3n) is 3.31. The van der Waals surface area contributed by atoms with Crippen molar-refractivity contribution in [3.63, 3.8) is 0 Å². The zero-order valence-electron chi connectivity index (χ0n) is 12.0. The van der Waals surface area contributed by atoms with Gasteiger partial charge in [0.05, 0.1) is 9.82 Å². The average molecular weight is 320 g/mol. The average Bonchev–Trinajstić information content (AvgIpc) is 2.53. The third kappa shape index (κ3) is 3.90. The number of sulfonamides is 1. The van der Waals surface area contributed by atoms with Gasteiger partial charge in [-0.15, -0.1) is 0 Å². The van der Waals surface area contributed by atoms with Crippen molar-refractivity contribution in [1.82, 2.24) is 4.72 Å². The predicted octanol–water partition coefficient (Wildman–Crippen LogP) is 2.68.